The quantitative estimate of drug-likeness (QED) is 0.705. The second kappa shape index (κ2) is 8.89. The van der Waals surface area contributed by atoms with Gasteiger partial charge in [0.05, 0.1) is 24.4 Å². The number of para-hydroxylation sites is 1. The van der Waals surface area contributed by atoms with E-state index in [1.54, 1.807) is 44.4 Å². The summed E-state index contributed by atoms with van der Waals surface area (Å²) in [7, 11) is 1.60. The number of amides is 1. The Kier molecular flexibility index (Phi) is 6.10. The van der Waals surface area contributed by atoms with Crippen LogP contribution in [0.2, 0.25) is 0 Å². The van der Waals surface area contributed by atoms with Crippen LogP contribution in [0.5, 0.6) is 5.75 Å². The van der Waals surface area contributed by atoms with Gasteiger partial charge < -0.3 is 10.1 Å². The van der Waals surface area contributed by atoms with Crippen molar-refractivity contribution in [2.24, 2.45) is 0 Å². The van der Waals surface area contributed by atoms with Gasteiger partial charge in [-0.25, -0.2) is 0 Å². The highest BCUT2D eigenvalue weighted by molar-refractivity contribution is 5.93. The largest absolute Gasteiger partial charge is 0.496 e. The number of nitrogens with one attached hydrogen (secondary N) is 1. The van der Waals surface area contributed by atoms with E-state index in [0.717, 1.165) is 11.3 Å². The highest BCUT2D eigenvalue weighted by atomic mass is 16.5. The normalized spacial score (nSPS) is 10.2. The molecule has 1 amide bonds. The first-order valence-corrected chi connectivity index (χ1v) is 9.18. The third-order valence-electron chi connectivity index (χ3n) is 4.63. The van der Waals surface area contributed by atoms with Crippen LogP contribution in [0.25, 0.3) is 5.69 Å². The number of benzene rings is 2. The Morgan fingerprint density at radius 2 is 1.93 bits per heavy atom. The Balaban J connectivity index is 1.81. The molecule has 0 saturated carbocycles. The molecule has 29 heavy (non-hydrogen) atoms. The molecule has 0 fully saturated rings. The summed E-state index contributed by atoms with van der Waals surface area (Å²) in [5.74, 6) is 0.326. The Hall–Kier alpha value is -3.85. The van der Waals surface area contributed by atoms with Crippen LogP contribution >= 0.6 is 0 Å². The Labute approximate surface area is 169 Å². The first-order chi connectivity index (χ1) is 14.0. The number of nitriles is 1. The lowest BCUT2D eigenvalue weighted by atomic mass is 10.1. The van der Waals surface area contributed by atoms with Gasteiger partial charge in [-0.15, -0.1) is 0 Å². The molecule has 0 aliphatic carbocycles. The maximum Gasteiger partial charge on any atom is 0.268 e. The summed E-state index contributed by atoms with van der Waals surface area (Å²) in [6.07, 6.45) is 0.583. The number of hydrogen-bond acceptors (Lipinski definition) is 4. The topological polar surface area (TPSA) is 84.1 Å². The Morgan fingerprint density at radius 1 is 1.14 bits per heavy atom. The lowest BCUT2D eigenvalue weighted by Gasteiger charge is -2.13. The monoisotopic (exact) mass is 387 g/mol. The van der Waals surface area contributed by atoms with E-state index in [-0.39, 0.29) is 5.56 Å². The molecule has 6 heteroatoms. The summed E-state index contributed by atoms with van der Waals surface area (Å²) in [5.41, 5.74) is 2.28. The van der Waals surface area contributed by atoms with Crippen molar-refractivity contribution >= 4 is 5.91 Å². The van der Waals surface area contributed by atoms with Crippen molar-refractivity contribution in [3.63, 3.8) is 0 Å². The van der Waals surface area contributed by atoms with Crippen LogP contribution in [0.15, 0.2) is 65.5 Å². The van der Waals surface area contributed by atoms with E-state index in [1.165, 1.54) is 10.6 Å². The predicted octanol–water partition coefficient (Wildman–Crippen LogP) is 3.00. The lowest BCUT2D eigenvalue weighted by molar-refractivity contribution is 0.0952. The minimum atomic E-state index is -0.435. The minimum Gasteiger partial charge on any atom is -0.496 e. The molecule has 0 saturated heterocycles. The van der Waals surface area contributed by atoms with Crippen LogP contribution in [-0.4, -0.2) is 24.1 Å². The maximum atomic E-state index is 13.0. The Bertz CT molecular complexity index is 1140. The number of hydrogen-bond donors (Lipinski definition) is 1. The van der Waals surface area contributed by atoms with Gasteiger partial charge in [-0.3, -0.25) is 14.2 Å². The van der Waals surface area contributed by atoms with Gasteiger partial charge >= 0.3 is 0 Å². The maximum absolute atomic E-state index is 13.0. The van der Waals surface area contributed by atoms with Crippen LogP contribution in [0.4, 0.5) is 0 Å². The van der Waals surface area contributed by atoms with E-state index in [9.17, 15) is 9.59 Å². The molecule has 0 aliphatic rings. The molecule has 0 unspecified atom stereocenters. The van der Waals surface area contributed by atoms with Crippen LogP contribution < -0.4 is 15.6 Å². The molecular weight excluding hydrogens is 366 g/mol. The van der Waals surface area contributed by atoms with Gasteiger partial charge in [-0.1, -0.05) is 24.3 Å². The van der Waals surface area contributed by atoms with E-state index in [1.807, 2.05) is 24.3 Å². The van der Waals surface area contributed by atoms with Crippen LogP contribution in [-0.2, 0) is 6.42 Å². The number of aromatic nitrogens is 1. The standard InChI is InChI=1S/C23H21N3O3/c1-16-10-11-20(23(28)26(16)19-8-5-6-17(14-19)15-24)22(27)25-13-12-18-7-3-4-9-21(18)29-2/h3-11,14H,12-13H2,1-2H3,(H,25,27). The second-order valence-corrected chi connectivity index (χ2v) is 6.51. The summed E-state index contributed by atoms with van der Waals surface area (Å²) in [5, 5.41) is 11.9. The highest BCUT2D eigenvalue weighted by Crippen LogP contribution is 2.17. The molecule has 3 rings (SSSR count). The molecule has 1 N–H and O–H groups in total. The summed E-state index contributed by atoms with van der Waals surface area (Å²) in [6.45, 7) is 2.15. The number of rotatable bonds is 6. The molecule has 0 spiro atoms. The fourth-order valence-electron chi connectivity index (χ4n) is 3.15. The Morgan fingerprint density at radius 3 is 2.69 bits per heavy atom. The van der Waals surface area contributed by atoms with Gasteiger partial charge in [0.15, 0.2) is 0 Å². The van der Waals surface area contributed by atoms with Gasteiger partial charge in [0, 0.05) is 12.2 Å². The van der Waals surface area contributed by atoms with E-state index in [0.29, 0.717) is 29.9 Å². The molecule has 2 aromatic carbocycles. The number of nitrogens with zero attached hydrogens (tertiary/aromatic N) is 2. The second-order valence-electron chi connectivity index (χ2n) is 6.51. The molecule has 1 aromatic heterocycles. The average molecular weight is 387 g/mol. The van der Waals surface area contributed by atoms with Crippen molar-refractivity contribution in [2.45, 2.75) is 13.3 Å². The number of methoxy groups -OCH3 is 1. The van der Waals surface area contributed by atoms with Crippen molar-refractivity contribution in [1.29, 1.82) is 5.26 Å². The van der Waals surface area contributed by atoms with Crippen molar-refractivity contribution in [3.05, 3.63) is 93.4 Å². The van der Waals surface area contributed by atoms with E-state index >= 15 is 0 Å². The lowest BCUT2D eigenvalue weighted by Crippen LogP contribution is -2.34. The first kappa shape index (κ1) is 19.9. The SMILES string of the molecule is COc1ccccc1CCNC(=O)c1ccc(C)n(-c2cccc(C#N)c2)c1=O. The fourth-order valence-corrected chi connectivity index (χ4v) is 3.15. The molecule has 3 aromatic rings. The first-order valence-electron chi connectivity index (χ1n) is 9.18. The van der Waals surface area contributed by atoms with Gasteiger partial charge in [-0.05, 0) is 55.3 Å². The minimum absolute atomic E-state index is 0.0537. The zero-order chi connectivity index (χ0) is 20.8. The number of pyridine rings is 1. The van der Waals surface area contributed by atoms with Gasteiger partial charge in [-0.2, -0.15) is 5.26 Å². The summed E-state index contributed by atoms with van der Waals surface area (Å²) < 4.78 is 6.75. The fraction of sp³-hybridized carbons (Fsp3) is 0.174. The zero-order valence-corrected chi connectivity index (χ0v) is 16.3. The molecule has 0 atom stereocenters. The van der Waals surface area contributed by atoms with E-state index < -0.39 is 11.5 Å². The van der Waals surface area contributed by atoms with Crippen molar-refractivity contribution in [1.82, 2.24) is 9.88 Å². The average Bonchev–Trinajstić information content (AvgIpc) is 2.74. The third kappa shape index (κ3) is 4.36. The number of aryl methyl sites for hydroxylation is 1. The van der Waals surface area contributed by atoms with Crippen LogP contribution in [0.3, 0.4) is 0 Å². The van der Waals surface area contributed by atoms with Gasteiger partial charge in [0.2, 0.25) is 0 Å². The van der Waals surface area contributed by atoms with Crippen LogP contribution in [0, 0.1) is 18.3 Å². The molecule has 1 heterocycles. The molecular formula is C23H21N3O3. The van der Waals surface area contributed by atoms with E-state index in [4.69, 9.17) is 10.00 Å². The molecule has 0 aliphatic heterocycles. The number of ether oxygens (including phenoxy) is 1. The molecule has 6 nitrogen and oxygen atoms in total. The zero-order valence-electron chi connectivity index (χ0n) is 16.3. The van der Waals surface area contributed by atoms with Gasteiger partial charge in [0.25, 0.3) is 11.5 Å². The summed E-state index contributed by atoms with van der Waals surface area (Å²) in [4.78, 5) is 25.6. The molecule has 0 bridgehead atoms. The van der Waals surface area contributed by atoms with Crippen molar-refractivity contribution in [3.8, 4) is 17.5 Å². The van der Waals surface area contributed by atoms with Gasteiger partial charge in [0.1, 0.15) is 11.3 Å². The number of carbonyl (C=O) groups is 1. The summed E-state index contributed by atoms with van der Waals surface area (Å²) in [6, 6.07) is 19.6. The highest BCUT2D eigenvalue weighted by Gasteiger charge is 2.15. The third-order valence-corrected chi connectivity index (χ3v) is 4.63. The molecule has 146 valence electrons. The predicted molar refractivity (Wildman–Crippen MR) is 111 cm³/mol. The molecule has 0 radical (unpaired) electrons. The van der Waals surface area contributed by atoms with Crippen LogP contribution in [0.1, 0.15) is 27.2 Å². The van der Waals surface area contributed by atoms with Crippen molar-refractivity contribution < 1.29 is 9.53 Å². The van der Waals surface area contributed by atoms with E-state index in [2.05, 4.69) is 11.4 Å². The smallest absolute Gasteiger partial charge is 0.268 e. The number of carbonyl (C=O) groups excluding carboxylic acids is 1. The summed E-state index contributed by atoms with van der Waals surface area (Å²) >= 11 is 0. The van der Waals surface area contributed by atoms with Crippen molar-refractivity contribution in [2.75, 3.05) is 13.7 Å².